The standard InChI is InChI=1S/C17H19N3O5/c1-20-14-11(5-4-8-18-14)9-12(16(20)22)15(21)19-10-17(24-3)7-6-13(23-2)25-17/h4-9,13H,10H2,1-3H3,(H,19,21)/t13-,17+/m1/s1. The van der Waals surface area contributed by atoms with Gasteiger partial charge in [0.1, 0.15) is 11.2 Å². The van der Waals surface area contributed by atoms with Crippen LogP contribution in [0.1, 0.15) is 10.4 Å². The predicted molar refractivity (Wildman–Crippen MR) is 90.1 cm³/mol. The van der Waals surface area contributed by atoms with Crippen LogP contribution in [0, 0.1) is 0 Å². The van der Waals surface area contributed by atoms with Crippen LogP contribution in [0.25, 0.3) is 11.0 Å². The molecule has 0 saturated carbocycles. The number of amides is 1. The SMILES string of the molecule is CO[C@H]1C=C[C@](CNC(=O)c2cc3cccnc3n(C)c2=O)(OC)O1. The first-order valence-electron chi connectivity index (χ1n) is 7.68. The second-order valence-corrected chi connectivity index (χ2v) is 5.62. The van der Waals surface area contributed by atoms with E-state index in [0.29, 0.717) is 11.0 Å². The lowest BCUT2D eigenvalue weighted by Crippen LogP contribution is -2.45. The molecule has 2 aromatic heterocycles. The summed E-state index contributed by atoms with van der Waals surface area (Å²) in [5.41, 5.74) is 0.120. The number of ether oxygens (including phenoxy) is 3. The van der Waals surface area contributed by atoms with E-state index in [9.17, 15) is 9.59 Å². The quantitative estimate of drug-likeness (QED) is 0.797. The highest BCUT2D eigenvalue weighted by molar-refractivity contribution is 5.96. The minimum Gasteiger partial charge on any atom is -0.352 e. The van der Waals surface area contributed by atoms with E-state index in [1.165, 1.54) is 24.9 Å². The Morgan fingerprint density at radius 3 is 2.96 bits per heavy atom. The van der Waals surface area contributed by atoms with Gasteiger partial charge in [-0.25, -0.2) is 4.98 Å². The fourth-order valence-electron chi connectivity index (χ4n) is 2.67. The van der Waals surface area contributed by atoms with Crippen LogP contribution in [0.4, 0.5) is 0 Å². The molecule has 1 N–H and O–H groups in total. The molecule has 8 nitrogen and oxygen atoms in total. The van der Waals surface area contributed by atoms with Gasteiger partial charge in [0.15, 0.2) is 6.29 Å². The number of nitrogens with zero attached hydrogens (tertiary/aromatic N) is 2. The van der Waals surface area contributed by atoms with Crippen molar-refractivity contribution in [2.24, 2.45) is 7.05 Å². The number of fused-ring (bicyclic) bond motifs is 1. The molecule has 0 fully saturated rings. The number of carbonyl (C=O) groups is 1. The van der Waals surface area contributed by atoms with Crippen LogP contribution in [0.2, 0.25) is 0 Å². The minimum absolute atomic E-state index is 0.0273. The number of aromatic nitrogens is 2. The zero-order valence-corrected chi connectivity index (χ0v) is 14.2. The van der Waals surface area contributed by atoms with Crippen molar-refractivity contribution in [3.63, 3.8) is 0 Å². The summed E-state index contributed by atoms with van der Waals surface area (Å²) in [6, 6.07) is 5.07. The van der Waals surface area contributed by atoms with Crippen LogP contribution >= 0.6 is 0 Å². The second-order valence-electron chi connectivity index (χ2n) is 5.62. The maximum absolute atomic E-state index is 12.5. The van der Waals surface area contributed by atoms with Crippen molar-refractivity contribution in [2.75, 3.05) is 20.8 Å². The van der Waals surface area contributed by atoms with Crippen LogP contribution in [-0.4, -0.2) is 48.3 Å². The molecule has 0 bridgehead atoms. The van der Waals surface area contributed by atoms with Gasteiger partial charge in [-0.2, -0.15) is 0 Å². The Kier molecular flexibility index (Phi) is 4.67. The molecule has 0 spiro atoms. The van der Waals surface area contributed by atoms with Crippen molar-refractivity contribution < 1.29 is 19.0 Å². The number of hydrogen-bond donors (Lipinski definition) is 1. The normalized spacial score (nSPS) is 22.4. The Morgan fingerprint density at radius 2 is 2.28 bits per heavy atom. The summed E-state index contributed by atoms with van der Waals surface area (Å²) >= 11 is 0. The van der Waals surface area contributed by atoms with Gasteiger partial charge >= 0.3 is 0 Å². The van der Waals surface area contributed by atoms with Crippen LogP contribution in [0.5, 0.6) is 0 Å². The molecule has 0 saturated heterocycles. The lowest BCUT2D eigenvalue weighted by Gasteiger charge is -2.27. The Balaban J connectivity index is 1.82. The van der Waals surface area contributed by atoms with E-state index in [2.05, 4.69) is 10.3 Å². The molecule has 0 radical (unpaired) electrons. The molecule has 1 aliphatic rings. The Labute approximate surface area is 144 Å². The maximum atomic E-state index is 12.5. The van der Waals surface area contributed by atoms with Crippen molar-refractivity contribution in [1.82, 2.24) is 14.9 Å². The molecule has 0 aromatic carbocycles. The van der Waals surface area contributed by atoms with Gasteiger partial charge in [0.25, 0.3) is 11.5 Å². The van der Waals surface area contributed by atoms with Gasteiger partial charge in [0.2, 0.25) is 5.79 Å². The summed E-state index contributed by atoms with van der Waals surface area (Å²) in [5, 5.41) is 3.38. The van der Waals surface area contributed by atoms with E-state index < -0.39 is 23.5 Å². The van der Waals surface area contributed by atoms with Crippen molar-refractivity contribution >= 4 is 16.9 Å². The van der Waals surface area contributed by atoms with Crippen LogP contribution in [0.15, 0.2) is 41.3 Å². The molecule has 0 unspecified atom stereocenters. The summed E-state index contributed by atoms with van der Waals surface area (Å²) in [7, 11) is 4.55. The number of hydrogen-bond acceptors (Lipinski definition) is 6. The lowest BCUT2D eigenvalue weighted by atomic mass is 10.2. The maximum Gasteiger partial charge on any atom is 0.264 e. The molecule has 8 heteroatoms. The van der Waals surface area contributed by atoms with E-state index >= 15 is 0 Å². The van der Waals surface area contributed by atoms with Gasteiger partial charge in [-0.05, 0) is 30.4 Å². The van der Waals surface area contributed by atoms with Crippen LogP contribution < -0.4 is 10.9 Å². The summed E-state index contributed by atoms with van der Waals surface area (Å²) < 4.78 is 17.4. The van der Waals surface area contributed by atoms with Gasteiger partial charge in [-0.1, -0.05) is 0 Å². The average Bonchev–Trinajstić information content (AvgIpc) is 3.07. The topological polar surface area (TPSA) is 91.7 Å². The highest BCUT2D eigenvalue weighted by atomic mass is 16.8. The highest BCUT2D eigenvalue weighted by Gasteiger charge is 2.36. The fourth-order valence-corrected chi connectivity index (χ4v) is 2.67. The van der Waals surface area contributed by atoms with Gasteiger partial charge < -0.3 is 19.5 Å². The second kappa shape index (κ2) is 6.75. The summed E-state index contributed by atoms with van der Waals surface area (Å²) in [5.74, 6) is -1.64. The first kappa shape index (κ1) is 17.3. The number of nitrogens with one attached hydrogen (secondary N) is 1. The number of pyridine rings is 2. The predicted octanol–water partition coefficient (Wildman–Crippen LogP) is 0.565. The number of carbonyl (C=O) groups excluding carboxylic acids is 1. The van der Waals surface area contributed by atoms with Crippen molar-refractivity contribution in [2.45, 2.75) is 12.1 Å². The third-order valence-electron chi connectivity index (χ3n) is 4.11. The molecule has 132 valence electrons. The number of methoxy groups -OCH3 is 2. The molecule has 2 atom stereocenters. The minimum atomic E-state index is -1.13. The summed E-state index contributed by atoms with van der Waals surface area (Å²) in [4.78, 5) is 29.1. The van der Waals surface area contributed by atoms with Gasteiger partial charge in [-0.3, -0.25) is 14.2 Å². The zero-order chi connectivity index (χ0) is 18.0. The molecular formula is C17H19N3O5. The Hall–Kier alpha value is -2.55. The van der Waals surface area contributed by atoms with Gasteiger partial charge in [0, 0.05) is 32.9 Å². The van der Waals surface area contributed by atoms with Crippen LogP contribution in [-0.2, 0) is 21.3 Å². The van der Waals surface area contributed by atoms with E-state index in [1.54, 1.807) is 37.5 Å². The van der Waals surface area contributed by atoms with Gasteiger partial charge in [0.05, 0.1) is 6.54 Å². The van der Waals surface area contributed by atoms with Gasteiger partial charge in [-0.15, -0.1) is 0 Å². The molecule has 2 aromatic rings. The fraction of sp³-hybridized carbons (Fsp3) is 0.353. The van der Waals surface area contributed by atoms with Crippen molar-refractivity contribution in [3.05, 3.63) is 52.5 Å². The number of rotatable bonds is 5. The Bertz CT molecular complexity index is 891. The third kappa shape index (κ3) is 3.19. The highest BCUT2D eigenvalue weighted by Crippen LogP contribution is 2.24. The molecular weight excluding hydrogens is 326 g/mol. The monoisotopic (exact) mass is 345 g/mol. The molecule has 1 amide bonds. The lowest BCUT2D eigenvalue weighted by molar-refractivity contribution is -0.238. The summed E-state index contributed by atoms with van der Waals surface area (Å²) in [6.45, 7) is 0.0346. The molecule has 3 heterocycles. The first-order valence-corrected chi connectivity index (χ1v) is 7.68. The van der Waals surface area contributed by atoms with Crippen LogP contribution in [0.3, 0.4) is 0 Å². The summed E-state index contributed by atoms with van der Waals surface area (Å²) in [6.07, 6.45) is 4.41. The third-order valence-corrected chi connectivity index (χ3v) is 4.11. The largest absolute Gasteiger partial charge is 0.352 e. The van der Waals surface area contributed by atoms with E-state index in [0.717, 1.165) is 0 Å². The molecule has 3 rings (SSSR count). The first-order chi connectivity index (χ1) is 12.0. The van der Waals surface area contributed by atoms with Crippen molar-refractivity contribution in [1.29, 1.82) is 0 Å². The Morgan fingerprint density at radius 1 is 1.48 bits per heavy atom. The van der Waals surface area contributed by atoms with E-state index in [-0.39, 0.29) is 12.1 Å². The van der Waals surface area contributed by atoms with Crippen molar-refractivity contribution in [3.8, 4) is 0 Å². The van der Waals surface area contributed by atoms with E-state index in [4.69, 9.17) is 14.2 Å². The van der Waals surface area contributed by atoms with E-state index in [1.807, 2.05) is 0 Å². The number of aryl methyl sites for hydroxylation is 1. The molecule has 1 aliphatic heterocycles. The zero-order valence-electron chi connectivity index (χ0n) is 14.2. The molecule has 25 heavy (non-hydrogen) atoms. The average molecular weight is 345 g/mol. The smallest absolute Gasteiger partial charge is 0.264 e. The molecule has 0 aliphatic carbocycles.